The molecule has 0 unspecified atom stereocenters. The lowest BCUT2D eigenvalue weighted by atomic mass is 9.91. The SMILES string of the molecule is COc1cc(NC(=O)[C@@H]2CCCO[C@H]2c2ccnn2C)ncn1. The van der Waals surface area contributed by atoms with Gasteiger partial charge in [-0.05, 0) is 18.9 Å². The molecule has 3 rings (SSSR count). The molecule has 0 bridgehead atoms. The topological polar surface area (TPSA) is 91.2 Å². The molecular weight excluding hydrogens is 298 g/mol. The predicted molar refractivity (Wildman–Crippen MR) is 81.8 cm³/mol. The Balaban J connectivity index is 1.77. The number of nitrogens with zero attached hydrogens (tertiary/aromatic N) is 4. The van der Waals surface area contributed by atoms with E-state index in [1.165, 1.54) is 13.4 Å². The summed E-state index contributed by atoms with van der Waals surface area (Å²) in [4.78, 5) is 20.6. The molecule has 8 nitrogen and oxygen atoms in total. The van der Waals surface area contributed by atoms with Crippen LogP contribution >= 0.6 is 0 Å². The molecule has 1 fully saturated rings. The summed E-state index contributed by atoms with van der Waals surface area (Å²) in [6.07, 6.45) is 4.35. The average Bonchev–Trinajstić information content (AvgIpc) is 3.01. The molecule has 1 amide bonds. The highest BCUT2D eigenvalue weighted by Gasteiger charge is 2.34. The predicted octanol–water partition coefficient (Wildman–Crippen LogP) is 1.33. The summed E-state index contributed by atoms with van der Waals surface area (Å²) in [5.74, 6) is 0.395. The zero-order chi connectivity index (χ0) is 16.2. The van der Waals surface area contributed by atoms with Crippen molar-refractivity contribution < 1.29 is 14.3 Å². The molecule has 0 aliphatic carbocycles. The standard InChI is InChI=1S/C15H19N5O3/c1-20-11(5-6-18-20)14-10(4-3-7-23-14)15(21)19-12-8-13(22-2)17-9-16-12/h5-6,8-10,14H,3-4,7H2,1-2H3,(H,16,17,19,21)/t10-,14-/m1/s1. The summed E-state index contributed by atoms with van der Waals surface area (Å²) >= 11 is 0. The third-order valence-electron chi connectivity index (χ3n) is 3.91. The summed E-state index contributed by atoms with van der Waals surface area (Å²) in [7, 11) is 3.36. The van der Waals surface area contributed by atoms with Crippen molar-refractivity contribution in [3.63, 3.8) is 0 Å². The van der Waals surface area contributed by atoms with Gasteiger partial charge in [0.05, 0.1) is 18.7 Å². The van der Waals surface area contributed by atoms with Crippen LogP contribution in [-0.4, -0.2) is 39.4 Å². The van der Waals surface area contributed by atoms with E-state index in [0.29, 0.717) is 18.3 Å². The van der Waals surface area contributed by atoms with Crippen molar-refractivity contribution in [2.45, 2.75) is 18.9 Å². The zero-order valence-electron chi connectivity index (χ0n) is 13.1. The number of hydrogen-bond donors (Lipinski definition) is 1. The second kappa shape index (κ2) is 6.74. The minimum atomic E-state index is -0.306. The van der Waals surface area contributed by atoms with Crippen LogP contribution in [0.3, 0.4) is 0 Å². The summed E-state index contributed by atoms with van der Waals surface area (Å²) in [5, 5.41) is 6.98. The van der Waals surface area contributed by atoms with Crippen molar-refractivity contribution >= 4 is 11.7 Å². The van der Waals surface area contributed by atoms with E-state index in [9.17, 15) is 4.79 Å². The van der Waals surface area contributed by atoms with Gasteiger partial charge in [-0.3, -0.25) is 9.48 Å². The van der Waals surface area contributed by atoms with Gasteiger partial charge in [0.1, 0.15) is 18.2 Å². The van der Waals surface area contributed by atoms with Gasteiger partial charge in [0, 0.05) is 25.9 Å². The Kier molecular flexibility index (Phi) is 4.52. The number of methoxy groups -OCH3 is 1. The normalized spacial score (nSPS) is 21.0. The molecule has 122 valence electrons. The Morgan fingerprint density at radius 1 is 1.48 bits per heavy atom. The van der Waals surface area contributed by atoms with Gasteiger partial charge >= 0.3 is 0 Å². The van der Waals surface area contributed by atoms with Gasteiger partial charge in [-0.15, -0.1) is 0 Å². The van der Waals surface area contributed by atoms with Gasteiger partial charge < -0.3 is 14.8 Å². The van der Waals surface area contributed by atoms with E-state index in [-0.39, 0.29) is 17.9 Å². The summed E-state index contributed by atoms with van der Waals surface area (Å²) in [6, 6.07) is 3.46. The van der Waals surface area contributed by atoms with Crippen LogP contribution in [0.5, 0.6) is 5.88 Å². The molecule has 0 aromatic carbocycles. The maximum Gasteiger partial charge on any atom is 0.231 e. The molecule has 0 spiro atoms. The van der Waals surface area contributed by atoms with Gasteiger partial charge in [0.2, 0.25) is 11.8 Å². The Labute approximate surface area is 133 Å². The monoisotopic (exact) mass is 317 g/mol. The van der Waals surface area contributed by atoms with Gasteiger partial charge in [-0.2, -0.15) is 5.10 Å². The number of aryl methyl sites for hydroxylation is 1. The Hall–Kier alpha value is -2.48. The number of nitrogens with one attached hydrogen (secondary N) is 1. The van der Waals surface area contributed by atoms with Crippen molar-refractivity contribution in [1.29, 1.82) is 0 Å². The minimum Gasteiger partial charge on any atom is -0.481 e. The highest BCUT2D eigenvalue weighted by molar-refractivity contribution is 5.92. The molecule has 1 aliphatic heterocycles. The van der Waals surface area contributed by atoms with Crippen LogP contribution < -0.4 is 10.1 Å². The zero-order valence-corrected chi connectivity index (χ0v) is 13.1. The van der Waals surface area contributed by atoms with E-state index in [2.05, 4.69) is 20.4 Å². The fourth-order valence-corrected chi connectivity index (χ4v) is 2.74. The van der Waals surface area contributed by atoms with Crippen LogP contribution in [0.4, 0.5) is 5.82 Å². The number of rotatable bonds is 4. The molecule has 0 radical (unpaired) electrons. The van der Waals surface area contributed by atoms with Crippen LogP contribution in [0, 0.1) is 5.92 Å². The quantitative estimate of drug-likeness (QED) is 0.914. The molecule has 1 saturated heterocycles. The summed E-state index contributed by atoms with van der Waals surface area (Å²) in [5.41, 5.74) is 0.894. The van der Waals surface area contributed by atoms with E-state index in [4.69, 9.17) is 9.47 Å². The maximum absolute atomic E-state index is 12.7. The van der Waals surface area contributed by atoms with E-state index >= 15 is 0 Å². The summed E-state index contributed by atoms with van der Waals surface area (Å²) in [6.45, 7) is 0.640. The van der Waals surface area contributed by atoms with Crippen molar-refractivity contribution in [2.75, 3.05) is 19.0 Å². The third kappa shape index (κ3) is 3.31. The van der Waals surface area contributed by atoms with E-state index < -0.39 is 0 Å². The smallest absolute Gasteiger partial charge is 0.231 e. The highest BCUT2D eigenvalue weighted by Crippen LogP contribution is 2.34. The molecule has 2 aromatic heterocycles. The fourth-order valence-electron chi connectivity index (χ4n) is 2.74. The lowest BCUT2D eigenvalue weighted by Gasteiger charge is -2.30. The molecule has 23 heavy (non-hydrogen) atoms. The van der Waals surface area contributed by atoms with Crippen LogP contribution in [0.25, 0.3) is 0 Å². The average molecular weight is 317 g/mol. The Morgan fingerprint density at radius 3 is 3.09 bits per heavy atom. The molecule has 1 aliphatic rings. The minimum absolute atomic E-state index is 0.128. The molecular formula is C15H19N5O3. The first kappa shape index (κ1) is 15.4. The largest absolute Gasteiger partial charge is 0.481 e. The Morgan fingerprint density at radius 2 is 2.35 bits per heavy atom. The molecule has 1 N–H and O–H groups in total. The lowest BCUT2D eigenvalue weighted by Crippen LogP contribution is -2.34. The number of hydrogen-bond acceptors (Lipinski definition) is 6. The third-order valence-corrected chi connectivity index (χ3v) is 3.91. The fraction of sp³-hybridized carbons (Fsp3) is 0.467. The Bertz CT molecular complexity index is 687. The molecule has 2 aromatic rings. The number of amides is 1. The van der Waals surface area contributed by atoms with Crippen molar-refractivity contribution in [1.82, 2.24) is 19.7 Å². The number of aromatic nitrogens is 4. The van der Waals surface area contributed by atoms with Crippen molar-refractivity contribution in [2.24, 2.45) is 13.0 Å². The van der Waals surface area contributed by atoms with Gasteiger partial charge in [0.25, 0.3) is 0 Å². The number of anilines is 1. The first-order valence-electron chi connectivity index (χ1n) is 7.45. The first-order chi connectivity index (χ1) is 11.2. The van der Waals surface area contributed by atoms with Crippen LogP contribution in [0.2, 0.25) is 0 Å². The van der Waals surface area contributed by atoms with Crippen LogP contribution in [0.15, 0.2) is 24.7 Å². The first-order valence-corrected chi connectivity index (χ1v) is 7.45. The summed E-state index contributed by atoms with van der Waals surface area (Å²) < 4.78 is 12.6. The molecule has 3 heterocycles. The lowest BCUT2D eigenvalue weighted by molar-refractivity contribution is -0.129. The molecule has 8 heteroatoms. The number of ether oxygens (including phenoxy) is 2. The van der Waals surface area contributed by atoms with Crippen molar-refractivity contribution in [3.05, 3.63) is 30.4 Å². The number of carbonyl (C=O) groups excluding carboxylic acids is 1. The van der Waals surface area contributed by atoms with Gasteiger partial charge in [-0.25, -0.2) is 9.97 Å². The van der Waals surface area contributed by atoms with E-state index in [1.54, 1.807) is 16.9 Å². The molecule has 0 saturated carbocycles. The van der Waals surface area contributed by atoms with Crippen LogP contribution in [-0.2, 0) is 16.6 Å². The number of carbonyl (C=O) groups is 1. The van der Waals surface area contributed by atoms with Crippen molar-refractivity contribution in [3.8, 4) is 5.88 Å². The van der Waals surface area contributed by atoms with Gasteiger partial charge in [0.15, 0.2) is 0 Å². The maximum atomic E-state index is 12.7. The molecule has 2 atom stereocenters. The second-order valence-corrected chi connectivity index (χ2v) is 5.35. The second-order valence-electron chi connectivity index (χ2n) is 5.35. The van der Waals surface area contributed by atoms with Crippen LogP contribution in [0.1, 0.15) is 24.6 Å². The van der Waals surface area contributed by atoms with Gasteiger partial charge in [-0.1, -0.05) is 0 Å². The highest BCUT2D eigenvalue weighted by atomic mass is 16.5. The van der Waals surface area contributed by atoms with E-state index in [0.717, 1.165) is 18.5 Å². The van der Waals surface area contributed by atoms with E-state index in [1.807, 2.05) is 13.1 Å².